The maximum Gasteiger partial charge on any atom is 0.400 e. The summed E-state index contributed by atoms with van der Waals surface area (Å²) in [6, 6.07) is 11.2. The number of halogens is 2. The van der Waals surface area contributed by atoms with Gasteiger partial charge in [-0.3, -0.25) is 0 Å². The van der Waals surface area contributed by atoms with Gasteiger partial charge >= 0.3 is 12.1 Å². The molecule has 1 saturated carbocycles. The number of benzene rings is 2. The molecule has 0 bridgehead atoms. The van der Waals surface area contributed by atoms with E-state index in [9.17, 15) is 13.6 Å². The van der Waals surface area contributed by atoms with Crippen LogP contribution >= 0.6 is 0 Å². The number of hydrogen-bond acceptors (Lipinski definition) is 5. The van der Waals surface area contributed by atoms with Crippen molar-refractivity contribution in [1.82, 2.24) is 0 Å². The third-order valence-electron chi connectivity index (χ3n) is 6.25. The molecule has 0 radical (unpaired) electrons. The highest BCUT2D eigenvalue weighted by Gasteiger charge is 2.43. The van der Waals surface area contributed by atoms with Crippen molar-refractivity contribution >= 4 is 23.4 Å². The number of unbranched alkanes of at least 4 members (excludes halogenated alkanes) is 1. The Labute approximate surface area is 200 Å². The monoisotopic (exact) mass is 472 g/mol. The van der Waals surface area contributed by atoms with Crippen molar-refractivity contribution in [3.8, 4) is 5.75 Å². The van der Waals surface area contributed by atoms with Gasteiger partial charge in [0.1, 0.15) is 12.4 Å². The second-order valence-electron chi connectivity index (χ2n) is 9.04. The lowest BCUT2D eigenvalue weighted by molar-refractivity contribution is -0.223. The summed E-state index contributed by atoms with van der Waals surface area (Å²) in [5.41, 5.74) is 13.8. The average molecular weight is 473 g/mol. The van der Waals surface area contributed by atoms with Crippen LogP contribution in [0.4, 0.5) is 20.2 Å². The van der Waals surface area contributed by atoms with Crippen LogP contribution in [0.2, 0.25) is 0 Å². The highest BCUT2D eigenvalue weighted by molar-refractivity contribution is 5.87. The first-order valence-electron chi connectivity index (χ1n) is 11.9. The van der Waals surface area contributed by atoms with Crippen molar-refractivity contribution in [2.24, 2.45) is 11.8 Å². The minimum atomic E-state index is -3.19. The highest BCUT2D eigenvalue weighted by atomic mass is 19.3. The molecule has 34 heavy (non-hydrogen) atoms. The smallest absolute Gasteiger partial charge is 0.400 e. The maximum atomic E-state index is 14.7. The molecule has 0 spiro atoms. The predicted molar refractivity (Wildman–Crippen MR) is 131 cm³/mol. The molecule has 0 aromatic heterocycles. The van der Waals surface area contributed by atoms with Gasteiger partial charge < -0.3 is 20.9 Å². The van der Waals surface area contributed by atoms with Gasteiger partial charge in [0.2, 0.25) is 0 Å². The molecule has 1 fully saturated rings. The average Bonchev–Trinajstić information content (AvgIpc) is 2.80. The molecule has 3 rings (SSSR count). The molecule has 0 atom stereocenters. The molecule has 0 aliphatic heterocycles. The van der Waals surface area contributed by atoms with Gasteiger partial charge in [0.15, 0.2) is 0 Å². The fourth-order valence-electron chi connectivity index (χ4n) is 4.36. The number of carbonyl (C=O) groups excluding carboxylic acids is 1. The van der Waals surface area contributed by atoms with Crippen molar-refractivity contribution in [2.75, 3.05) is 11.5 Å². The van der Waals surface area contributed by atoms with Crippen LogP contribution in [-0.4, -0.2) is 12.1 Å². The lowest BCUT2D eigenvalue weighted by Crippen LogP contribution is -2.37. The Kier molecular flexibility index (Phi) is 8.91. The summed E-state index contributed by atoms with van der Waals surface area (Å²) < 4.78 is 39.6. The molecular formula is C27H34F2N2O3. The van der Waals surface area contributed by atoms with Gasteiger partial charge in [-0.1, -0.05) is 38.3 Å². The summed E-state index contributed by atoms with van der Waals surface area (Å²) in [7, 11) is 0. The van der Waals surface area contributed by atoms with E-state index in [0.717, 1.165) is 32.1 Å². The molecule has 1 aliphatic rings. The van der Waals surface area contributed by atoms with E-state index >= 15 is 0 Å². The minimum absolute atomic E-state index is 0.0425. The van der Waals surface area contributed by atoms with Gasteiger partial charge in [-0.15, -0.1) is 0 Å². The Hall–Kier alpha value is -3.09. The van der Waals surface area contributed by atoms with Crippen LogP contribution in [0.5, 0.6) is 5.75 Å². The summed E-state index contributed by atoms with van der Waals surface area (Å²) in [6.45, 7) is 2.20. The number of nitrogen functional groups attached to an aromatic ring is 2. The lowest BCUT2D eigenvalue weighted by atomic mass is 9.79. The molecule has 2 aromatic rings. The Balaban J connectivity index is 1.47. The summed E-state index contributed by atoms with van der Waals surface area (Å²) >= 11 is 0. The van der Waals surface area contributed by atoms with Crippen LogP contribution in [-0.2, 0) is 16.1 Å². The molecule has 0 amide bonds. The van der Waals surface area contributed by atoms with Crippen LogP contribution in [0, 0.1) is 11.8 Å². The van der Waals surface area contributed by atoms with Gasteiger partial charge in [-0.05, 0) is 79.1 Å². The molecule has 1 aliphatic carbocycles. The first kappa shape index (κ1) is 25.5. The number of carbonyl (C=O) groups is 1. The first-order chi connectivity index (χ1) is 16.2. The fourth-order valence-corrected chi connectivity index (χ4v) is 4.36. The van der Waals surface area contributed by atoms with E-state index in [4.69, 9.17) is 20.9 Å². The van der Waals surface area contributed by atoms with E-state index in [1.165, 1.54) is 18.2 Å². The van der Waals surface area contributed by atoms with Crippen molar-refractivity contribution in [3.63, 3.8) is 0 Å². The lowest BCUT2D eigenvalue weighted by Gasteiger charge is -2.33. The van der Waals surface area contributed by atoms with Gasteiger partial charge in [0, 0.05) is 17.5 Å². The van der Waals surface area contributed by atoms with Gasteiger partial charge in [0.25, 0.3) is 0 Å². The van der Waals surface area contributed by atoms with E-state index < -0.39 is 18.0 Å². The maximum absolute atomic E-state index is 14.7. The predicted octanol–water partition coefficient (Wildman–Crippen LogP) is 6.58. The number of alkyl halides is 2. The Bertz CT molecular complexity index is 948. The number of nitrogens with two attached hydrogens (primary N) is 2. The van der Waals surface area contributed by atoms with Crippen LogP contribution in [0.15, 0.2) is 48.5 Å². The zero-order valence-corrected chi connectivity index (χ0v) is 19.6. The first-order valence-corrected chi connectivity index (χ1v) is 11.9. The van der Waals surface area contributed by atoms with Crippen molar-refractivity contribution in [2.45, 2.75) is 64.6 Å². The number of anilines is 2. The molecule has 184 valence electrons. The van der Waals surface area contributed by atoms with Crippen molar-refractivity contribution in [1.29, 1.82) is 0 Å². The van der Waals surface area contributed by atoms with Crippen molar-refractivity contribution < 1.29 is 23.0 Å². The summed E-state index contributed by atoms with van der Waals surface area (Å²) in [6.07, 6.45) is 5.74. The molecule has 4 N–H and O–H groups in total. The molecule has 7 heteroatoms. The van der Waals surface area contributed by atoms with Crippen LogP contribution in [0.25, 0.3) is 6.08 Å². The second-order valence-corrected chi connectivity index (χ2v) is 9.04. The summed E-state index contributed by atoms with van der Waals surface area (Å²) in [5, 5.41) is 0. The Morgan fingerprint density at radius 2 is 1.71 bits per heavy atom. The van der Waals surface area contributed by atoms with E-state index in [-0.39, 0.29) is 12.4 Å². The standard InChI is InChI=1S/C27H34F2N2O3/c1-2-3-4-19-5-10-22(11-6-19)27(28,29)34-25-12-7-20(8-13-25)9-14-26(32)33-18-21-15-23(30)17-24(31)16-21/h7-9,12-17,19,22H,2-6,10-11,18,30-31H2,1H3/b14-9+. The minimum Gasteiger partial charge on any atom is -0.458 e. The van der Waals surface area contributed by atoms with Crippen LogP contribution in [0.1, 0.15) is 63.0 Å². The number of hydrogen-bond donors (Lipinski definition) is 2. The third kappa shape index (κ3) is 7.75. The van der Waals surface area contributed by atoms with Gasteiger partial charge in [-0.2, -0.15) is 8.78 Å². The van der Waals surface area contributed by atoms with E-state index in [1.54, 1.807) is 36.4 Å². The molecular weight excluding hydrogens is 438 g/mol. The van der Waals surface area contributed by atoms with E-state index in [2.05, 4.69) is 6.92 Å². The van der Waals surface area contributed by atoms with Crippen LogP contribution < -0.4 is 16.2 Å². The number of rotatable bonds is 10. The summed E-state index contributed by atoms with van der Waals surface area (Å²) in [4.78, 5) is 12.0. The molecule has 5 nitrogen and oxygen atoms in total. The van der Waals surface area contributed by atoms with E-state index in [1.807, 2.05) is 0 Å². The highest BCUT2D eigenvalue weighted by Crippen LogP contribution is 2.41. The topological polar surface area (TPSA) is 87.6 Å². The zero-order valence-electron chi connectivity index (χ0n) is 19.6. The molecule has 0 unspecified atom stereocenters. The van der Waals surface area contributed by atoms with Gasteiger partial charge in [-0.25, -0.2) is 4.79 Å². The second kappa shape index (κ2) is 11.9. The zero-order chi connectivity index (χ0) is 24.6. The molecule has 0 saturated heterocycles. The SMILES string of the molecule is CCCCC1CCC(C(F)(F)Oc2ccc(/C=C/C(=O)OCc3cc(N)cc(N)c3)cc2)CC1. The number of esters is 1. The summed E-state index contributed by atoms with van der Waals surface area (Å²) in [5.74, 6) is -0.622. The number of ether oxygens (including phenoxy) is 2. The quantitative estimate of drug-likeness (QED) is 0.232. The Morgan fingerprint density at radius 3 is 2.32 bits per heavy atom. The normalized spacial score (nSPS) is 18.7. The molecule has 2 aromatic carbocycles. The Morgan fingerprint density at radius 1 is 1.06 bits per heavy atom. The largest absolute Gasteiger partial charge is 0.458 e. The molecule has 0 heterocycles. The van der Waals surface area contributed by atoms with Crippen molar-refractivity contribution in [3.05, 3.63) is 59.7 Å². The fraction of sp³-hybridized carbons (Fsp3) is 0.444. The van der Waals surface area contributed by atoms with Gasteiger partial charge in [0.05, 0.1) is 5.92 Å². The van der Waals surface area contributed by atoms with Crippen LogP contribution in [0.3, 0.4) is 0 Å². The third-order valence-corrected chi connectivity index (χ3v) is 6.25. The van der Waals surface area contributed by atoms with E-state index in [0.29, 0.717) is 41.3 Å².